The Hall–Kier alpha value is -3.92. The molecule has 2 aromatic carbocycles. The smallest absolute Gasteiger partial charge is 0.243 e. The van der Waals surface area contributed by atoms with E-state index in [1.807, 2.05) is 72.2 Å². The van der Waals surface area contributed by atoms with Crippen molar-refractivity contribution >= 4 is 28.6 Å². The highest BCUT2D eigenvalue weighted by Gasteiger charge is 2.46. The number of carbonyl (C=O) groups is 3. The van der Waals surface area contributed by atoms with Crippen LogP contribution in [0.4, 0.5) is 0 Å². The monoisotopic (exact) mass is 572 g/mol. The number of benzene rings is 2. The zero-order valence-electron chi connectivity index (χ0n) is 24.4. The molecule has 6 rings (SSSR count). The average molecular weight is 573 g/mol. The first-order valence-electron chi connectivity index (χ1n) is 15.1. The molecule has 0 saturated carbocycles. The second-order valence-electron chi connectivity index (χ2n) is 11.9. The predicted octanol–water partition coefficient (Wildman–Crippen LogP) is 2.54. The summed E-state index contributed by atoms with van der Waals surface area (Å²) in [6.07, 6.45) is 5.37. The molecule has 3 fully saturated rings. The zero-order chi connectivity index (χ0) is 29.2. The largest absolute Gasteiger partial charge is 0.488 e. The van der Waals surface area contributed by atoms with Crippen molar-refractivity contribution in [3.63, 3.8) is 0 Å². The summed E-state index contributed by atoms with van der Waals surface area (Å²) in [5.74, 6) is -0.0726. The number of hydrogen-bond acceptors (Lipinski definition) is 6. The molecule has 4 heterocycles. The fraction of sp³-hybridized carbons (Fsp3) is 0.500. The van der Waals surface area contributed by atoms with Crippen molar-refractivity contribution in [3.8, 4) is 5.75 Å². The van der Waals surface area contributed by atoms with Crippen LogP contribution in [-0.2, 0) is 28.0 Å². The SMILES string of the molecule is Cc1ccc(O[C@@H]2CC(C(=O)NCc3ccc4c(cnn4C)c3)N(C(=O)[C@@H]3NCCC[C@@H]3C(=O)N3CCCC3)C2)cc1. The maximum atomic E-state index is 14.2. The minimum absolute atomic E-state index is 0.0523. The van der Waals surface area contributed by atoms with Gasteiger partial charge in [0.15, 0.2) is 0 Å². The predicted molar refractivity (Wildman–Crippen MR) is 159 cm³/mol. The lowest BCUT2D eigenvalue weighted by molar-refractivity contribution is -0.147. The third-order valence-electron chi connectivity index (χ3n) is 8.91. The number of piperidine rings is 1. The molecule has 0 spiro atoms. The van der Waals surface area contributed by atoms with Gasteiger partial charge in [-0.15, -0.1) is 0 Å². The van der Waals surface area contributed by atoms with Gasteiger partial charge < -0.3 is 25.2 Å². The third-order valence-corrected chi connectivity index (χ3v) is 8.91. The van der Waals surface area contributed by atoms with Crippen LogP contribution in [0.5, 0.6) is 5.75 Å². The molecule has 42 heavy (non-hydrogen) atoms. The number of nitrogens with zero attached hydrogens (tertiary/aromatic N) is 4. The Morgan fingerprint density at radius 3 is 2.62 bits per heavy atom. The van der Waals surface area contributed by atoms with E-state index in [0.717, 1.165) is 54.4 Å². The van der Waals surface area contributed by atoms with E-state index >= 15 is 0 Å². The molecule has 1 unspecified atom stereocenters. The highest BCUT2D eigenvalue weighted by Crippen LogP contribution is 2.29. The number of ether oxygens (including phenoxy) is 1. The first kappa shape index (κ1) is 28.2. The molecule has 0 bridgehead atoms. The number of rotatable bonds is 7. The molecule has 3 aliphatic heterocycles. The van der Waals surface area contributed by atoms with Crippen molar-refractivity contribution in [1.29, 1.82) is 0 Å². The lowest BCUT2D eigenvalue weighted by Crippen LogP contribution is -2.59. The van der Waals surface area contributed by atoms with Crippen LogP contribution in [0.15, 0.2) is 48.7 Å². The van der Waals surface area contributed by atoms with Gasteiger partial charge in [0.25, 0.3) is 0 Å². The van der Waals surface area contributed by atoms with Crippen LogP contribution in [-0.4, -0.2) is 81.7 Å². The quantitative estimate of drug-likeness (QED) is 0.451. The lowest BCUT2D eigenvalue weighted by Gasteiger charge is -2.36. The summed E-state index contributed by atoms with van der Waals surface area (Å²) in [7, 11) is 1.90. The Labute approximate surface area is 246 Å². The third kappa shape index (κ3) is 5.86. The second kappa shape index (κ2) is 12.1. The minimum atomic E-state index is -0.693. The van der Waals surface area contributed by atoms with E-state index in [1.54, 1.807) is 4.90 Å². The molecular weight excluding hydrogens is 532 g/mol. The van der Waals surface area contributed by atoms with Gasteiger partial charge in [-0.1, -0.05) is 23.8 Å². The van der Waals surface area contributed by atoms with E-state index in [4.69, 9.17) is 4.74 Å². The van der Waals surface area contributed by atoms with Gasteiger partial charge in [-0.05, 0) is 69.0 Å². The molecule has 1 aromatic heterocycles. The summed E-state index contributed by atoms with van der Waals surface area (Å²) in [5, 5.41) is 11.7. The fourth-order valence-corrected chi connectivity index (χ4v) is 6.58. The van der Waals surface area contributed by atoms with Crippen molar-refractivity contribution in [2.75, 3.05) is 26.2 Å². The standard InChI is InChI=1S/C32H40N6O4/c1-21-7-10-24(11-8-21)42-25-17-28(30(39)34-18-22-9-12-27-23(16-22)19-35-36(27)2)38(20-25)32(41)29-26(6-5-13-33-29)31(40)37-14-3-4-15-37/h7-12,16,19,25-26,28-29,33H,3-6,13-15,17-18,20H2,1-2H3,(H,34,39)/t25-,26+,28?,29-/m1/s1. The summed E-state index contributed by atoms with van der Waals surface area (Å²) < 4.78 is 8.08. The van der Waals surface area contributed by atoms with Crippen LogP contribution in [0.25, 0.3) is 10.9 Å². The molecule has 3 aromatic rings. The lowest BCUT2D eigenvalue weighted by atomic mass is 9.88. The molecular formula is C32H40N6O4. The number of hydrogen-bond donors (Lipinski definition) is 2. The summed E-state index contributed by atoms with van der Waals surface area (Å²) in [5.41, 5.74) is 3.11. The number of carbonyl (C=O) groups excluding carboxylic acids is 3. The van der Waals surface area contributed by atoms with Crippen LogP contribution < -0.4 is 15.4 Å². The molecule has 0 radical (unpaired) electrons. The van der Waals surface area contributed by atoms with Gasteiger partial charge in [0, 0.05) is 38.5 Å². The van der Waals surface area contributed by atoms with Crippen molar-refractivity contribution in [2.45, 2.75) is 63.8 Å². The first-order valence-corrected chi connectivity index (χ1v) is 15.1. The van der Waals surface area contributed by atoms with Crippen molar-refractivity contribution in [3.05, 3.63) is 59.8 Å². The Morgan fingerprint density at radius 2 is 1.83 bits per heavy atom. The molecule has 3 aliphatic rings. The number of nitrogens with one attached hydrogen (secondary N) is 2. The normalized spacial score (nSPS) is 24.2. The molecule has 3 amide bonds. The number of aromatic nitrogens is 2. The Kier molecular flexibility index (Phi) is 8.15. The van der Waals surface area contributed by atoms with E-state index < -0.39 is 18.0 Å². The average Bonchev–Trinajstić information content (AvgIpc) is 3.77. The van der Waals surface area contributed by atoms with E-state index in [-0.39, 0.29) is 30.4 Å². The number of fused-ring (bicyclic) bond motifs is 1. The molecule has 2 N–H and O–H groups in total. The van der Waals surface area contributed by atoms with Crippen LogP contribution in [0, 0.1) is 12.8 Å². The van der Waals surface area contributed by atoms with E-state index in [2.05, 4.69) is 15.7 Å². The first-order chi connectivity index (χ1) is 20.4. The van der Waals surface area contributed by atoms with E-state index in [1.165, 1.54) is 0 Å². The van der Waals surface area contributed by atoms with Gasteiger partial charge >= 0.3 is 0 Å². The molecule has 10 heteroatoms. The van der Waals surface area contributed by atoms with Gasteiger partial charge in [0.1, 0.15) is 17.9 Å². The second-order valence-corrected chi connectivity index (χ2v) is 11.9. The Balaban J connectivity index is 1.20. The molecule has 3 saturated heterocycles. The number of likely N-dealkylation sites (tertiary alicyclic amines) is 2. The topological polar surface area (TPSA) is 109 Å². The van der Waals surface area contributed by atoms with Gasteiger partial charge in [-0.25, -0.2) is 0 Å². The molecule has 4 atom stereocenters. The molecule has 222 valence electrons. The maximum absolute atomic E-state index is 14.2. The van der Waals surface area contributed by atoms with Crippen molar-refractivity contribution in [2.24, 2.45) is 13.0 Å². The maximum Gasteiger partial charge on any atom is 0.243 e. The number of amides is 3. The van der Waals surface area contributed by atoms with E-state index in [9.17, 15) is 14.4 Å². The zero-order valence-corrected chi connectivity index (χ0v) is 24.4. The van der Waals surface area contributed by atoms with Crippen LogP contribution >= 0.6 is 0 Å². The fourth-order valence-electron chi connectivity index (χ4n) is 6.58. The van der Waals surface area contributed by atoms with Crippen LogP contribution in [0.3, 0.4) is 0 Å². The van der Waals surface area contributed by atoms with Gasteiger partial charge in [-0.3, -0.25) is 19.1 Å². The summed E-state index contributed by atoms with van der Waals surface area (Å²) in [6, 6.07) is 12.4. The van der Waals surface area contributed by atoms with Crippen molar-refractivity contribution < 1.29 is 19.1 Å². The van der Waals surface area contributed by atoms with Crippen LogP contribution in [0.2, 0.25) is 0 Å². The van der Waals surface area contributed by atoms with Crippen molar-refractivity contribution in [1.82, 2.24) is 30.2 Å². The van der Waals surface area contributed by atoms with Gasteiger partial charge in [0.05, 0.1) is 30.2 Å². The van der Waals surface area contributed by atoms with Crippen LogP contribution in [0.1, 0.15) is 43.2 Å². The summed E-state index contributed by atoms with van der Waals surface area (Å²) >= 11 is 0. The van der Waals surface area contributed by atoms with E-state index in [0.29, 0.717) is 31.7 Å². The highest BCUT2D eigenvalue weighted by molar-refractivity contribution is 5.94. The summed E-state index contributed by atoms with van der Waals surface area (Å²) in [6.45, 7) is 4.82. The Morgan fingerprint density at radius 1 is 1.05 bits per heavy atom. The number of aryl methyl sites for hydroxylation is 2. The summed E-state index contributed by atoms with van der Waals surface area (Å²) in [4.78, 5) is 44.8. The Bertz CT molecular complexity index is 1450. The minimum Gasteiger partial charge on any atom is -0.488 e. The molecule has 0 aliphatic carbocycles. The van der Waals surface area contributed by atoms with Gasteiger partial charge in [0.2, 0.25) is 17.7 Å². The highest BCUT2D eigenvalue weighted by atomic mass is 16.5. The molecule has 10 nitrogen and oxygen atoms in total. The van der Waals surface area contributed by atoms with Gasteiger partial charge in [-0.2, -0.15) is 5.10 Å².